The number of carbonyl (C=O) groups excluding carboxylic acids is 2. The first-order valence-electron chi connectivity index (χ1n) is 14.4. The Hall–Kier alpha value is -1.77. The minimum atomic E-state index is -4.76. The predicted octanol–water partition coefficient (Wildman–Crippen LogP) is 6.47. The Morgan fingerprint density at radius 1 is 0.795 bits per heavy atom. The summed E-state index contributed by atoms with van der Waals surface area (Å²) in [6.07, 6.45) is 22.3. The van der Waals surface area contributed by atoms with Crippen molar-refractivity contribution < 1.29 is 43.0 Å². The number of phosphoric ester groups is 1. The van der Waals surface area contributed by atoms with Crippen LogP contribution in [0.25, 0.3) is 0 Å². The molecule has 3 N–H and O–H groups in total. The monoisotopic (exact) mass is 574 g/mol. The van der Waals surface area contributed by atoms with Gasteiger partial charge in [0.25, 0.3) is 0 Å². The zero-order valence-corrected chi connectivity index (χ0v) is 24.8. The summed E-state index contributed by atoms with van der Waals surface area (Å²) in [6, 6.07) is 0. The fourth-order valence-electron chi connectivity index (χ4n) is 3.61. The lowest BCUT2D eigenvalue weighted by molar-refractivity contribution is -0.161. The van der Waals surface area contributed by atoms with Gasteiger partial charge in [-0.25, -0.2) is 4.57 Å². The summed E-state index contributed by atoms with van der Waals surface area (Å²) in [5.41, 5.74) is 0. The molecule has 0 aliphatic heterocycles. The number of hydrogen-bond acceptors (Lipinski definition) is 7. The van der Waals surface area contributed by atoms with Gasteiger partial charge in [-0.3, -0.25) is 14.1 Å². The molecule has 0 heterocycles. The molecule has 0 aromatic heterocycles. The summed E-state index contributed by atoms with van der Waals surface area (Å²) in [5.74, 6) is -0.982. The summed E-state index contributed by atoms with van der Waals surface area (Å²) in [6.45, 7) is 3.32. The van der Waals surface area contributed by atoms with Gasteiger partial charge in [-0.05, 0) is 32.1 Å². The Balaban J connectivity index is 4.15. The molecule has 0 saturated carbocycles. The van der Waals surface area contributed by atoms with E-state index < -0.39 is 38.6 Å². The average Bonchev–Trinajstić information content (AvgIpc) is 2.88. The summed E-state index contributed by atoms with van der Waals surface area (Å²) in [5, 5.41) is 10.0. The quantitative estimate of drug-likeness (QED) is 0.0368. The van der Waals surface area contributed by atoms with Crippen LogP contribution < -0.4 is 0 Å². The molecule has 0 bridgehead atoms. The van der Waals surface area contributed by atoms with Crippen molar-refractivity contribution in [1.82, 2.24) is 0 Å². The second kappa shape index (κ2) is 25.2. The third kappa shape index (κ3) is 27.6. The molecule has 0 rings (SSSR count). The molecule has 226 valence electrons. The van der Waals surface area contributed by atoms with Crippen LogP contribution in [0.15, 0.2) is 36.5 Å². The molecule has 9 nitrogen and oxygen atoms in total. The predicted molar refractivity (Wildman–Crippen MR) is 153 cm³/mol. The number of allylic oxidation sites excluding steroid dienone is 5. The molecule has 0 spiro atoms. The number of phosphoric acid groups is 1. The third-order valence-corrected chi connectivity index (χ3v) is 6.26. The van der Waals surface area contributed by atoms with Crippen molar-refractivity contribution in [3.8, 4) is 0 Å². The summed E-state index contributed by atoms with van der Waals surface area (Å²) >= 11 is 0. The molecule has 10 heteroatoms. The zero-order chi connectivity index (χ0) is 29.2. The van der Waals surface area contributed by atoms with E-state index in [1.807, 2.05) is 18.2 Å². The van der Waals surface area contributed by atoms with E-state index in [1.165, 1.54) is 0 Å². The van der Waals surface area contributed by atoms with Gasteiger partial charge in [0, 0.05) is 12.8 Å². The van der Waals surface area contributed by atoms with Crippen molar-refractivity contribution in [2.45, 2.75) is 122 Å². The van der Waals surface area contributed by atoms with E-state index >= 15 is 0 Å². The average molecular weight is 575 g/mol. The molecule has 0 aliphatic carbocycles. The Kier molecular flexibility index (Phi) is 24.1. The number of esters is 2. The molecule has 1 unspecified atom stereocenters. The van der Waals surface area contributed by atoms with Gasteiger partial charge >= 0.3 is 19.8 Å². The molecule has 0 fully saturated rings. The van der Waals surface area contributed by atoms with E-state index in [4.69, 9.17) is 19.3 Å². The van der Waals surface area contributed by atoms with Crippen molar-refractivity contribution in [1.29, 1.82) is 0 Å². The van der Waals surface area contributed by atoms with E-state index in [2.05, 4.69) is 30.5 Å². The summed E-state index contributed by atoms with van der Waals surface area (Å²) in [4.78, 5) is 42.0. The van der Waals surface area contributed by atoms with Gasteiger partial charge in [0.05, 0.1) is 12.7 Å². The second-order valence-corrected chi connectivity index (χ2v) is 10.8. The number of ether oxygens (including phenoxy) is 2. The van der Waals surface area contributed by atoms with Crippen LogP contribution in [-0.2, 0) is 28.2 Å². The van der Waals surface area contributed by atoms with E-state index in [9.17, 15) is 19.3 Å². The first kappa shape index (κ1) is 37.2. The van der Waals surface area contributed by atoms with Gasteiger partial charge in [0.15, 0.2) is 6.10 Å². The third-order valence-electron chi connectivity index (χ3n) is 5.78. The van der Waals surface area contributed by atoms with Gasteiger partial charge in [-0.2, -0.15) is 0 Å². The van der Waals surface area contributed by atoms with Crippen LogP contribution in [0.2, 0.25) is 0 Å². The van der Waals surface area contributed by atoms with Gasteiger partial charge in [0.1, 0.15) is 6.61 Å². The molecule has 0 saturated heterocycles. The maximum Gasteiger partial charge on any atom is 0.469 e. The van der Waals surface area contributed by atoms with E-state index in [1.54, 1.807) is 6.08 Å². The number of hydrogen-bond donors (Lipinski definition) is 3. The zero-order valence-electron chi connectivity index (χ0n) is 23.9. The van der Waals surface area contributed by atoms with E-state index in [0.717, 1.165) is 64.2 Å². The molecule has 0 amide bonds. The lowest BCUT2D eigenvalue weighted by Gasteiger charge is -2.18. The minimum Gasteiger partial charge on any atom is -0.462 e. The van der Waals surface area contributed by atoms with Crippen LogP contribution >= 0.6 is 7.82 Å². The van der Waals surface area contributed by atoms with Crippen LogP contribution in [0, 0.1) is 0 Å². The lowest BCUT2D eigenvalue weighted by Crippen LogP contribution is -2.29. The highest BCUT2D eigenvalue weighted by atomic mass is 31.2. The van der Waals surface area contributed by atoms with Crippen LogP contribution in [0.3, 0.4) is 0 Å². The second-order valence-electron chi connectivity index (χ2n) is 9.55. The molecular formula is C29H51O9P. The highest BCUT2D eigenvalue weighted by Crippen LogP contribution is 2.35. The Morgan fingerprint density at radius 3 is 2.10 bits per heavy atom. The maximum absolute atomic E-state index is 12.2. The largest absolute Gasteiger partial charge is 0.469 e. The number of unbranched alkanes of at least 4 members (excludes halogenated alkanes) is 8. The highest BCUT2D eigenvalue weighted by Gasteiger charge is 2.22. The smallest absolute Gasteiger partial charge is 0.462 e. The number of aliphatic hydroxyl groups excluding tert-OH is 1. The first-order chi connectivity index (χ1) is 18.7. The summed E-state index contributed by atoms with van der Waals surface area (Å²) in [7, 11) is -4.76. The van der Waals surface area contributed by atoms with E-state index in [0.29, 0.717) is 19.3 Å². The van der Waals surface area contributed by atoms with Crippen LogP contribution in [0.5, 0.6) is 0 Å². The fraction of sp³-hybridized carbons (Fsp3) is 0.724. The molecule has 0 radical (unpaired) electrons. The number of rotatable bonds is 25. The fourth-order valence-corrected chi connectivity index (χ4v) is 3.97. The highest BCUT2D eigenvalue weighted by molar-refractivity contribution is 7.46. The number of carbonyl (C=O) groups is 2. The SMILES string of the molecule is CC/C=C/C/C=C/C=C/C(O)CCCCCCCC(=O)O[C@H](COC(=O)CCCCCCC)COP(=O)(O)O. The van der Waals surface area contributed by atoms with Crippen LogP contribution in [0.4, 0.5) is 0 Å². The van der Waals surface area contributed by atoms with Gasteiger partial charge in [0.2, 0.25) is 0 Å². The Bertz CT molecular complexity index is 758. The molecular weight excluding hydrogens is 523 g/mol. The topological polar surface area (TPSA) is 140 Å². The van der Waals surface area contributed by atoms with Crippen molar-refractivity contribution >= 4 is 19.8 Å². The Morgan fingerprint density at radius 2 is 1.44 bits per heavy atom. The van der Waals surface area contributed by atoms with Crippen molar-refractivity contribution in [3.63, 3.8) is 0 Å². The Labute approximate surface area is 234 Å². The van der Waals surface area contributed by atoms with Crippen molar-refractivity contribution in [3.05, 3.63) is 36.5 Å². The van der Waals surface area contributed by atoms with Gasteiger partial charge < -0.3 is 24.4 Å². The van der Waals surface area contributed by atoms with Crippen molar-refractivity contribution in [2.75, 3.05) is 13.2 Å². The van der Waals surface area contributed by atoms with E-state index in [-0.39, 0.29) is 19.4 Å². The molecule has 2 atom stereocenters. The molecule has 0 aromatic rings. The number of aliphatic hydroxyl groups is 1. The molecule has 0 aromatic carbocycles. The molecule has 39 heavy (non-hydrogen) atoms. The lowest BCUT2D eigenvalue weighted by atomic mass is 10.1. The van der Waals surface area contributed by atoms with Gasteiger partial charge in [-0.1, -0.05) is 102 Å². The van der Waals surface area contributed by atoms with Crippen LogP contribution in [0.1, 0.15) is 110 Å². The first-order valence-corrected chi connectivity index (χ1v) is 15.9. The van der Waals surface area contributed by atoms with Gasteiger partial charge in [-0.15, -0.1) is 0 Å². The standard InChI is InChI=1S/C29H51O9P/c1-3-5-7-9-10-13-16-20-26(30)21-17-14-11-15-19-23-29(32)38-27(25-37-39(33,34)35)24-36-28(31)22-18-12-8-6-4-2/h5,7,10,13,16,20,26-27,30H,3-4,6,8-9,11-12,14-15,17-19,21-25H2,1-2H3,(H2,33,34,35)/b7-5+,13-10+,20-16+/t26?,27-/m1/s1. The minimum absolute atomic E-state index is 0.142. The maximum atomic E-state index is 12.2. The summed E-state index contributed by atoms with van der Waals surface area (Å²) < 4.78 is 25.9. The molecule has 0 aliphatic rings. The van der Waals surface area contributed by atoms with Crippen LogP contribution in [-0.4, -0.2) is 52.3 Å². The van der Waals surface area contributed by atoms with Crippen molar-refractivity contribution in [2.24, 2.45) is 0 Å². The normalized spacial score (nSPS) is 13.9.